The van der Waals surface area contributed by atoms with E-state index in [0.29, 0.717) is 18.4 Å². The van der Waals surface area contributed by atoms with Crippen LogP contribution in [-0.4, -0.2) is 64.3 Å². The average molecular weight is 449 g/mol. The highest BCUT2D eigenvalue weighted by Gasteiger charge is 2.57. The number of hydrogen-bond donors (Lipinski definition) is 0. The van der Waals surface area contributed by atoms with Crippen molar-refractivity contribution in [3.8, 4) is 11.1 Å². The lowest BCUT2D eigenvalue weighted by molar-refractivity contribution is -0.132. The molecule has 164 valence electrons. The van der Waals surface area contributed by atoms with Crippen molar-refractivity contribution < 1.29 is 9.59 Å². The normalized spacial score (nSPS) is 22.0. The third kappa shape index (κ3) is 3.51. The number of halogens is 1. The Hall–Kier alpha value is -2.70. The maximum Gasteiger partial charge on any atom is 0.257 e. The number of aliphatic imine (C=N–C) groups is 1. The van der Waals surface area contributed by atoms with Gasteiger partial charge in [0.05, 0.1) is 13.3 Å². The second-order valence-corrected chi connectivity index (χ2v) is 9.77. The topological polar surface area (TPSA) is 56.2 Å². The molecule has 6 rings (SSSR count). The lowest BCUT2D eigenvalue weighted by Gasteiger charge is -2.26. The molecule has 32 heavy (non-hydrogen) atoms. The van der Waals surface area contributed by atoms with E-state index in [1.165, 1.54) is 0 Å². The number of hydrogen-bond acceptors (Lipinski definition) is 4. The van der Waals surface area contributed by atoms with Gasteiger partial charge in [0.25, 0.3) is 5.91 Å². The second kappa shape index (κ2) is 7.42. The molecule has 2 aliphatic carbocycles. The van der Waals surface area contributed by atoms with E-state index in [0.717, 1.165) is 61.3 Å². The summed E-state index contributed by atoms with van der Waals surface area (Å²) >= 11 is 6.01. The maximum absolute atomic E-state index is 13.2. The third-order valence-corrected chi connectivity index (χ3v) is 7.15. The van der Waals surface area contributed by atoms with Crippen molar-refractivity contribution in [2.45, 2.75) is 31.2 Å². The van der Waals surface area contributed by atoms with Crippen molar-refractivity contribution in [1.82, 2.24) is 14.7 Å². The lowest BCUT2D eigenvalue weighted by Crippen LogP contribution is -2.44. The van der Waals surface area contributed by atoms with E-state index >= 15 is 0 Å². The Labute approximate surface area is 192 Å². The minimum absolute atomic E-state index is 0.0984. The average Bonchev–Trinajstić information content (AvgIpc) is 3.73. The summed E-state index contributed by atoms with van der Waals surface area (Å²) in [6, 6.07) is 16.0. The van der Waals surface area contributed by atoms with E-state index in [4.69, 9.17) is 16.6 Å². The summed E-state index contributed by atoms with van der Waals surface area (Å²) in [7, 11) is 0. The fourth-order valence-corrected chi connectivity index (χ4v) is 4.76. The van der Waals surface area contributed by atoms with Crippen LogP contribution in [0, 0.1) is 5.92 Å². The smallest absolute Gasteiger partial charge is 0.257 e. The first-order chi connectivity index (χ1) is 15.5. The standard InChI is InChI=1S/C25H25ClN4O2/c26-21-9-7-18(8-10-21)17-1-3-19(4-2-17)22-27-25(11-12-25)24(32)30(22)16-28-13-14-29(15-28)23(31)20-5-6-20/h1-4,7-10,20H,5-6,11-16H2. The number of nitrogens with zero attached hydrogens (tertiary/aromatic N) is 4. The Morgan fingerprint density at radius 2 is 1.59 bits per heavy atom. The van der Waals surface area contributed by atoms with Crippen LogP contribution in [0.15, 0.2) is 53.5 Å². The minimum Gasteiger partial charge on any atom is -0.328 e. The van der Waals surface area contributed by atoms with Gasteiger partial charge in [-0.2, -0.15) is 0 Å². The molecule has 0 aromatic heterocycles. The number of carbonyl (C=O) groups is 2. The number of amides is 2. The van der Waals surface area contributed by atoms with E-state index in [9.17, 15) is 9.59 Å². The monoisotopic (exact) mass is 448 g/mol. The van der Waals surface area contributed by atoms with E-state index in [-0.39, 0.29) is 17.7 Å². The van der Waals surface area contributed by atoms with E-state index in [2.05, 4.69) is 17.0 Å². The van der Waals surface area contributed by atoms with Crippen molar-refractivity contribution >= 4 is 29.3 Å². The molecule has 2 heterocycles. The molecule has 0 N–H and O–H groups in total. The quantitative estimate of drug-likeness (QED) is 0.702. The summed E-state index contributed by atoms with van der Waals surface area (Å²) in [4.78, 5) is 36.4. The van der Waals surface area contributed by atoms with Crippen molar-refractivity contribution in [3.05, 3.63) is 59.1 Å². The summed E-state index contributed by atoms with van der Waals surface area (Å²) in [5.74, 6) is 1.35. The van der Waals surface area contributed by atoms with Crippen LogP contribution in [0.25, 0.3) is 11.1 Å². The van der Waals surface area contributed by atoms with Gasteiger partial charge in [-0.05, 0) is 48.9 Å². The van der Waals surface area contributed by atoms with Crippen LogP contribution in [0.3, 0.4) is 0 Å². The summed E-state index contributed by atoms with van der Waals surface area (Å²) in [6.45, 7) is 2.60. The molecule has 6 nitrogen and oxygen atoms in total. The summed E-state index contributed by atoms with van der Waals surface area (Å²) in [5.41, 5.74) is 2.59. The van der Waals surface area contributed by atoms with Crippen LogP contribution in [0.1, 0.15) is 31.2 Å². The van der Waals surface area contributed by atoms with Gasteiger partial charge in [0, 0.05) is 29.6 Å². The fourth-order valence-electron chi connectivity index (χ4n) is 4.64. The van der Waals surface area contributed by atoms with Gasteiger partial charge in [-0.3, -0.25) is 24.4 Å². The number of carbonyl (C=O) groups excluding carboxylic acids is 2. The van der Waals surface area contributed by atoms with Crippen LogP contribution < -0.4 is 0 Å². The Kier molecular flexibility index (Phi) is 4.63. The van der Waals surface area contributed by atoms with Gasteiger partial charge in [-0.15, -0.1) is 0 Å². The van der Waals surface area contributed by atoms with Crippen LogP contribution in [0.5, 0.6) is 0 Å². The summed E-state index contributed by atoms with van der Waals surface area (Å²) < 4.78 is 0. The van der Waals surface area contributed by atoms with Crippen molar-refractivity contribution in [1.29, 1.82) is 0 Å². The molecule has 0 radical (unpaired) electrons. The van der Waals surface area contributed by atoms with Crippen LogP contribution >= 0.6 is 11.6 Å². The molecule has 2 saturated carbocycles. The van der Waals surface area contributed by atoms with Gasteiger partial charge in [0.2, 0.25) is 5.91 Å². The van der Waals surface area contributed by atoms with Crippen LogP contribution in [0.4, 0.5) is 0 Å². The molecular formula is C25H25ClN4O2. The molecule has 2 amide bonds. The molecule has 1 spiro atoms. The highest BCUT2D eigenvalue weighted by molar-refractivity contribution is 6.30. The molecule has 1 saturated heterocycles. The molecule has 4 aliphatic rings. The van der Waals surface area contributed by atoms with Gasteiger partial charge in [-0.1, -0.05) is 48.0 Å². The SMILES string of the molecule is O=C(C1CC1)N1CCN(CN2C(=O)C3(CC3)N=C2c2ccc(-c3ccc(Cl)cc3)cc2)C1. The molecule has 2 aliphatic heterocycles. The Balaban J connectivity index is 1.21. The second-order valence-electron chi connectivity index (χ2n) is 9.34. The molecular weight excluding hydrogens is 424 g/mol. The predicted octanol–water partition coefficient (Wildman–Crippen LogP) is 3.60. The zero-order valence-corrected chi connectivity index (χ0v) is 18.6. The van der Waals surface area contributed by atoms with E-state index in [1.54, 1.807) is 0 Å². The third-order valence-electron chi connectivity index (χ3n) is 6.90. The lowest BCUT2D eigenvalue weighted by atomic mass is 10.0. The van der Waals surface area contributed by atoms with E-state index < -0.39 is 5.54 Å². The largest absolute Gasteiger partial charge is 0.328 e. The highest BCUT2D eigenvalue weighted by Crippen LogP contribution is 2.46. The summed E-state index contributed by atoms with van der Waals surface area (Å²) in [5, 5.41) is 0.717. The Morgan fingerprint density at radius 3 is 2.22 bits per heavy atom. The van der Waals surface area contributed by atoms with E-state index in [1.807, 2.05) is 46.2 Å². The molecule has 0 unspecified atom stereocenters. The van der Waals surface area contributed by atoms with Crippen molar-refractivity contribution in [2.75, 3.05) is 26.4 Å². The Bertz CT molecular complexity index is 1100. The molecule has 3 fully saturated rings. The molecule has 0 atom stereocenters. The zero-order chi connectivity index (χ0) is 21.9. The van der Waals surface area contributed by atoms with Crippen LogP contribution in [-0.2, 0) is 9.59 Å². The number of rotatable bonds is 5. The van der Waals surface area contributed by atoms with Gasteiger partial charge >= 0.3 is 0 Å². The Morgan fingerprint density at radius 1 is 0.969 bits per heavy atom. The predicted molar refractivity (Wildman–Crippen MR) is 123 cm³/mol. The van der Waals surface area contributed by atoms with Gasteiger partial charge in [-0.25, -0.2) is 0 Å². The van der Waals surface area contributed by atoms with Crippen molar-refractivity contribution in [2.24, 2.45) is 10.9 Å². The van der Waals surface area contributed by atoms with Crippen molar-refractivity contribution in [3.63, 3.8) is 0 Å². The first-order valence-electron chi connectivity index (χ1n) is 11.3. The van der Waals surface area contributed by atoms with Gasteiger partial charge in [0.1, 0.15) is 11.4 Å². The molecule has 0 bridgehead atoms. The molecule has 2 aromatic rings. The minimum atomic E-state index is -0.548. The van der Waals surface area contributed by atoms with Gasteiger partial charge < -0.3 is 4.90 Å². The first-order valence-corrected chi connectivity index (χ1v) is 11.7. The summed E-state index contributed by atoms with van der Waals surface area (Å²) in [6.07, 6.45) is 3.68. The number of amidine groups is 1. The molecule has 7 heteroatoms. The zero-order valence-electron chi connectivity index (χ0n) is 17.8. The molecule has 2 aromatic carbocycles. The van der Waals surface area contributed by atoms with Gasteiger partial charge in [0.15, 0.2) is 0 Å². The highest BCUT2D eigenvalue weighted by atomic mass is 35.5. The maximum atomic E-state index is 13.2. The van der Waals surface area contributed by atoms with Crippen LogP contribution in [0.2, 0.25) is 5.02 Å². The number of benzene rings is 2. The fraction of sp³-hybridized carbons (Fsp3) is 0.400. The first kappa shape index (κ1) is 19.9.